The lowest BCUT2D eigenvalue weighted by atomic mass is 10.1. The molecule has 0 saturated carbocycles. The molecule has 3 rings (SSSR count). The standard InChI is InChI=1S/C24H25NO4/c1-16-9-8-10-17(2)22(16)25-24(26)19-13-20(27-3)23(21(14-19)28-4)29-15-18-11-6-5-7-12-18/h5-14H,15H2,1-4H3,(H,25,26). The molecule has 150 valence electrons. The molecule has 0 radical (unpaired) electrons. The second-order valence-electron chi connectivity index (χ2n) is 6.71. The number of para-hydroxylation sites is 1. The van der Waals surface area contributed by atoms with Crippen molar-refractivity contribution in [3.05, 3.63) is 82.9 Å². The Morgan fingerprint density at radius 1 is 0.862 bits per heavy atom. The Hall–Kier alpha value is -3.47. The SMILES string of the molecule is COc1cc(C(=O)Nc2c(C)cccc2C)cc(OC)c1OCc1ccccc1. The predicted octanol–water partition coefficient (Wildman–Crippen LogP) is 5.15. The van der Waals surface area contributed by atoms with Crippen LogP contribution in [0.1, 0.15) is 27.0 Å². The molecule has 1 N–H and O–H groups in total. The van der Waals surface area contributed by atoms with Gasteiger partial charge in [0.15, 0.2) is 11.5 Å². The van der Waals surface area contributed by atoms with Gasteiger partial charge in [0, 0.05) is 11.3 Å². The normalized spacial score (nSPS) is 10.3. The topological polar surface area (TPSA) is 56.8 Å². The van der Waals surface area contributed by atoms with Gasteiger partial charge >= 0.3 is 0 Å². The number of ether oxygens (including phenoxy) is 3. The molecule has 0 spiro atoms. The summed E-state index contributed by atoms with van der Waals surface area (Å²) in [6.45, 7) is 4.29. The summed E-state index contributed by atoms with van der Waals surface area (Å²) in [6, 6.07) is 19.0. The van der Waals surface area contributed by atoms with Crippen molar-refractivity contribution in [2.24, 2.45) is 0 Å². The molecule has 0 aliphatic heterocycles. The van der Waals surface area contributed by atoms with E-state index in [-0.39, 0.29) is 5.91 Å². The van der Waals surface area contributed by atoms with E-state index >= 15 is 0 Å². The highest BCUT2D eigenvalue weighted by Crippen LogP contribution is 2.39. The molecule has 0 aromatic heterocycles. The van der Waals surface area contributed by atoms with Crippen LogP contribution in [0.4, 0.5) is 5.69 Å². The van der Waals surface area contributed by atoms with Crippen molar-refractivity contribution in [3.8, 4) is 17.2 Å². The first-order valence-corrected chi connectivity index (χ1v) is 9.33. The zero-order valence-corrected chi connectivity index (χ0v) is 17.1. The Bertz CT molecular complexity index is 954. The minimum absolute atomic E-state index is 0.242. The van der Waals surface area contributed by atoms with Crippen LogP contribution in [0.25, 0.3) is 0 Å². The van der Waals surface area contributed by atoms with Gasteiger partial charge in [0.25, 0.3) is 5.91 Å². The zero-order chi connectivity index (χ0) is 20.8. The minimum Gasteiger partial charge on any atom is -0.493 e. The van der Waals surface area contributed by atoms with Crippen molar-refractivity contribution in [3.63, 3.8) is 0 Å². The average Bonchev–Trinajstić information content (AvgIpc) is 2.74. The maximum Gasteiger partial charge on any atom is 0.255 e. The van der Waals surface area contributed by atoms with Crippen LogP contribution in [0, 0.1) is 13.8 Å². The van der Waals surface area contributed by atoms with Crippen LogP contribution in [-0.2, 0) is 6.61 Å². The first-order valence-electron chi connectivity index (χ1n) is 9.33. The van der Waals surface area contributed by atoms with Gasteiger partial charge in [-0.1, -0.05) is 48.5 Å². The van der Waals surface area contributed by atoms with Gasteiger partial charge in [0.05, 0.1) is 14.2 Å². The summed E-state index contributed by atoms with van der Waals surface area (Å²) in [4.78, 5) is 12.9. The Balaban J connectivity index is 1.87. The van der Waals surface area contributed by atoms with Crippen LogP contribution in [0.15, 0.2) is 60.7 Å². The van der Waals surface area contributed by atoms with Crippen molar-refractivity contribution in [1.29, 1.82) is 0 Å². The highest BCUT2D eigenvalue weighted by molar-refractivity contribution is 6.05. The molecule has 0 aliphatic rings. The summed E-state index contributed by atoms with van der Waals surface area (Å²) in [7, 11) is 3.08. The van der Waals surface area contributed by atoms with Gasteiger partial charge in [-0.2, -0.15) is 0 Å². The Morgan fingerprint density at radius 2 is 1.45 bits per heavy atom. The maximum absolute atomic E-state index is 12.9. The van der Waals surface area contributed by atoms with Crippen LogP contribution < -0.4 is 19.5 Å². The van der Waals surface area contributed by atoms with E-state index in [9.17, 15) is 4.79 Å². The lowest BCUT2D eigenvalue weighted by Gasteiger charge is -2.17. The summed E-state index contributed by atoms with van der Waals surface area (Å²) in [5.74, 6) is 1.09. The van der Waals surface area contributed by atoms with Crippen LogP contribution in [-0.4, -0.2) is 20.1 Å². The number of aryl methyl sites for hydroxylation is 2. The van der Waals surface area contributed by atoms with E-state index < -0.39 is 0 Å². The fraction of sp³-hybridized carbons (Fsp3) is 0.208. The van der Waals surface area contributed by atoms with E-state index in [1.807, 2.05) is 62.4 Å². The molecular formula is C24H25NO4. The largest absolute Gasteiger partial charge is 0.493 e. The predicted molar refractivity (Wildman–Crippen MR) is 114 cm³/mol. The molecule has 0 saturated heterocycles. The van der Waals surface area contributed by atoms with Gasteiger partial charge in [0.1, 0.15) is 6.61 Å². The van der Waals surface area contributed by atoms with E-state index in [0.717, 1.165) is 22.4 Å². The van der Waals surface area contributed by atoms with Crippen LogP contribution in [0.2, 0.25) is 0 Å². The zero-order valence-electron chi connectivity index (χ0n) is 17.1. The Morgan fingerprint density at radius 3 is 2.00 bits per heavy atom. The fourth-order valence-corrected chi connectivity index (χ4v) is 3.08. The summed E-state index contributed by atoms with van der Waals surface area (Å²) in [5, 5.41) is 2.98. The molecule has 5 nitrogen and oxygen atoms in total. The maximum atomic E-state index is 12.9. The van der Waals surface area contributed by atoms with Crippen molar-refractivity contribution in [2.75, 3.05) is 19.5 Å². The highest BCUT2D eigenvalue weighted by Gasteiger charge is 2.19. The first-order chi connectivity index (χ1) is 14.0. The van der Waals surface area contributed by atoms with E-state index in [2.05, 4.69) is 5.32 Å². The smallest absolute Gasteiger partial charge is 0.255 e. The van der Waals surface area contributed by atoms with Crippen LogP contribution >= 0.6 is 0 Å². The van der Waals surface area contributed by atoms with Crippen molar-refractivity contribution in [2.45, 2.75) is 20.5 Å². The van der Waals surface area contributed by atoms with E-state index in [1.165, 1.54) is 14.2 Å². The molecule has 3 aromatic carbocycles. The lowest BCUT2D eigenvalue weighted by Crippen LogP contribution is -2.14. The molecule has 1 amide bonds. The number of nitrogens with one attached hydrogen (secondary N) is 1. The number of methoxy groups -OCH3 is 2. The molecule has 0 bridgehead atoms. The molecule has 5 heteroatoms. The number of anilines is 1. The summed E-state index contributed by atoms with van der Waals surface area (Å²) >= 11 is 0. The lowest BCUT2D eigenvalue weighted by molar-refractivity contribution is 0.102. The van der Waals surface area contributed by atoms with Gasteiger partial charge in [0.2, 0.25) is 5.75 Å². The highest BCUT2D eigenvalue weighted by atomic mass is 16.5. The third-order valence-electron chi connectivity index (χ3n) is 4.67. The average molecular weight is 391 g/mol. The molecular weight excluding hydrogens is 366 g/mol. The van der Waals surface area contributed by atoms with Gasteiger partial charge in [-0.3, -0.25) is 4.79 Å². The van der Waals surface area contributed by atoms with Crippen LogP contribution in [0.3, 0.4) is 0 Å². The minimum atomic E-state index is -0.242. The number of carbonyl (C=O) groups excluding carboxylic acids is 1. The number of hydrogen-bond donors (Lipinski definition) is 1. The van der Waals surface area contributed by atoms with Crippen molar-refractivity contribution in [1.82, 2.24) is 0 Å². The Kier molecular flexibility index (Phi) is 6.39. The van der Waals surface area contributed by atoms with Gasteiger partial charge in [-0.15, -0.1) is 0 Å². The number of benzene rings is 3. The Labute approximate surface area is 171 Å². The van der Waals surface area contributed by atoms with E-state index in [0.29, 0.717) is 29.4 Å². The van der Waals surface area contributed by atoms with Gasteiger partial charge < -0.3 is 19.5 Å². The summed E-state index contributed by atoms with van der Waals surface area (Å²) in [5.41, 5.74) is 4.25. The summed E-state index contributed by atoms with van der Waals surface area (Å²) < 4.78 is 16.9. The number of amides is 1. The second-order valence-corrected chi connectivity index (χ2v) is 6.71. The monoisotopic (exact) mass is 391 g/mol. The molecule has 0 unspecified atom stereocenters. The third-order valence-corrected chi connectivity index (χ3v) is 4.67. The van der Waals surface area contributed by atoms with E-state index in [4.69, 9.17) is 14.2 Å². The van der Waals surface area contributed by atoms with Crippen molar-refractivity contribution >= 4 is 11.6 Å². The van der Waals surface area contributed by atoms with Crippen LogP contribution in [0.5, 0.6) is 17.2 Å². The third kappa shape index (κ3) is 4.69. The fourth-order valence-electron chi connectivity index (χ4n) is 3.08. The van der Waals surface area contributed by atoms with Crippen molar-refractivity contribution < 1.29 is 19.0 Å². The molecule has 0 atom stereocenters. The van der Waals surface area contributed by atoms with E-state index in [1.54, 1.807) is 12.1 Å². The number of rotatable bonds is 7. The van der Waals surface area contributed by atoms with Gasteiger partial charge in [-0.25, -0.2) is 0 Å². The van der Waals surface area contributed by atoms with Gasteiger partial charge in [-0.05, 0) is 42.7 Å². The molecule has 3 aromatic rings. The second kappa shape index (κ2) is 9.15. The molecule has 29 heavy (non-hydrogen) atoms. The number of hydrogen-bond acceptors (Lipinski definition) is 4. The number of carbonyl (C=O) groups is 1. The molecule has 0 heterocycles. The molecule has 0 aliphatic carbocycles. The first kappa shape index (κ1) is 20.3. The quantitative estimate of drug-likeness (QED) is 0.605. The molecule has 0 fully saturated rings. The summed E-state index contributed by atoms with van der Waals surface area (Å²) in [6.07, 6.45) is 0.